The second-order valence-corrected chi connectivity index (χ2v) is 8.86. The first-order chi connectivity index (χ1) is 18.1. The van der Waals surface area contributed by atoms with Crippen molar-refractivity contribution >= 4 is 22.6 Å². The normalized spacial score (nSPS) is 15.7. The number of benzene rings is 3. The van der Waals surface area contributed by atoms with E-state index in [1.165, 1.54) is 39.8 Å². The number of para-hydroxylation sites is 2. The molecule has 4 aromatic rings. The average molecular weight is 526 g/mol. The number of fused-ring (bicyclic) bond motifs is 2. The minimum Gasteiger partial charge on any atom is -0.404 e. The number of carbonyl (C=O) groups excluding carboxylic acids is 1. The third-order valence-corrected chi connectivity index (χ3v) is 6.49. The highest BCUT2D eigenvalue weighted by molar-refractivity contribution is 5.91. The van der Waals surface area contributed by atoms with Gasteiger partial charge in [-0.05, 0) is 43.2 Å². The average Bonchev–Trinajstić information content (AvgIpc) is 3.28. The number of urea groups is 1. The smallest absolute Gasteiger partial charge is 0.404 e. The number of halogens is 4. The number of rotatable bonds is 5. The quantitative estimate of drug-likeness (QED) is 0.316. The Morgan fingerprint density at radius 2 is 1.82 bits per heavy atom. The van der Waals surface area contributed by atoms with Gasteiger partial charge in [-0.15, -0.1) is 13.2 Å². The molecule has 1 N–H and O–H groups in total. The fraction of sp³-hybridized carbons (Fsp3) is 0.222. The van der Waals surface area contributed by atoms with E-state index >= 15 is 0 Å². The fourth-order valence-corrected chi connectivity index (χ4v) is 4.77. The first-order valence-corrected chi connectivity index (χ1v) is 11.8. The lowest BCUT2D eigenvalue weighted by molar-refractivity contribution is -0.274. The van der Waals surface area contributed by atoms with Gasteiger partial charge in [0, 0.05) is 12.6 Å². The monoisotopic (exact) mass is 526 g/mol. The molecular weight excluding hydrogens is 504 g/mol. The second-order valence-electron chi connectivity index (χ2n) is 8.86. The van der Waals surface area contributed by atoms with Crippen molar-refractivity contribution in [3.05, 3.63) is 100 Å². The molecule has 2 unspecified atom stereocenters. The Balaban J connectivity index is 1.57. The molecule has 1 aromatic heterocycles. The first kappa shape index (κ1) is 25.2. The van der Waals surface area contributed by atoms with E-state index in [9.17, 15) is 27.2 Å². The molecular formula is C27H22F4N4O3. The van der Waals surface area contributed by atoms with Gasteiger partial charge in [0.05, 0.1) is 28.7 Å². The summed E-state index contributed by atoms with van der Waals surface area (Å²) in [5.74, 6) is -0.855. The molecule has 0 fully saturated rings. The lowest BCUT2D eigenvalue weighted by Gasteiger charge is -2.34. The van der Waals surface area contributed by atoms with Crippen molar-refractivity contribution in [2.45, 2.75) is 38.3 Å². The molecule has 196 valence electrons. The van der Waals surface area contributed by atoms with Gasteiger partial charge in [-0.1, -0.05) is 42.5 Å². The number of hydrogen-bond donors (Lipinski definition) is 1. The minimum absolute atomic E-state index is 0.157. The molecule has 0 spiro atoms. The van der Waals surface area contributed by atoms with Crippen LogP contribution >= 0.6 is 0 Å². The van der Waals surface area contributed by atoms with Crippen LogP contribution in [0.4, 0.5) is 28.0 Å². The van der Waals surface area contributed by atoms with E-state index in [2.05, 4.69) is 15.0 Å². The first-order valence-electron chi connectivity index (χ1n) is 11.8. The lowest BCUT2D eigenvalue weighted by atomic mass is 10.0. The van der Waals surface area contributed by atoms with Crippen LogP contribution in [0.2, 0.25) is 0 Å². The lowest BCUT2D eigenvalue weighted by Crippen LogP contribution is -2.40. The Labute approximate surface area is 214 Å². The number of aromatic nitrogens is 2. The van der Waals surface area contributed by atoms with Gasteiger partial charge in [0.25, 0.3) is 5.56 Å². The van der Waals surface area contributed by atoms with E-state index in [1.807, 2.05) is 18.2 Å². The molecule has 0 saturated carbocycles. The fourth-order valence-electron chi connectivity index (χ4n) is 4.77. The zero-order chi connectivity index (χ0) is 27.0. The van der Waals surface area contributed by atoms with E-state index in [-0.39, 0.29) is 34.5 Å². The van der Waals surface area contributed by atoms with Crippen LogP contribution in [-0.4, -0.2) is 26.8 Å². The zero-order valence-electron chi connectivity index (χ0n) is 20.1. The van der Waals surface area contributed by atoms with Crippen molar-refractivity contribution in [2.75, 3.05) is 5.32 Å². The van der Waals surface area contributed by atoms with E-state index in [0.29, 0.717) is 6.42 Å². The molecule has 0 bridgehead atoms. The maximum Gasteiger partial charge on any atom is 0.573 e. The Bertz CT molecular complexity index is 1560. The molecule has 0 saturated heterocycles. The van der Waals surface area contributed by atoms with Crippen LogP contribution in [0.15, 0.2) is 77.6 Å². The highest BCUT2D eigenvalue weighted by Crippen LogP contribution is 2.38. The van der Waals surface area contributed by atoms with Crippen LogP contribution in [0.25, 0.3) is 10.9 Å². The molecule has 2 atom stereocenters. The third-order valence-electron chi connectivity index (χ3n) is 6.49. The maximum absolute atomic E-state index is 13.9. The second kappa shape index (κ2) is 9.81. The summed E-state index contributed by atoms with van der Waals surface area (Å²) in [6.45, 7) is 2.03. The van der Waals surface area contributed by atoms with Gasteiger partial charge in [0.1, 0.15) is 11.6 Å². The summed E-state index contributed by atoms with van der Waals surface area (Å²) >= 11 is 0. The number of nitrogens with one attached hydrogen (secondary N) is 1. The van der Waals surface area contributed by atoms with Gasteiger partial charge in [-0.25, -0.2) is 14.2 Å². The summed E-state index contributed by atoms with van der Waals surface area (Å²) in [7, 11) is 0. The van der Waals surface area contributed by atoms with Crippen molar-refractivity contribution in [1.29, 1.82) is 0 Å². The molecule has 0 aliphatic carbocycles. The largest absolute Gasteiger partial charge is 0.573 e. The summed E-state index contributed by atoms with van der Waals surface area (Å²) in [6, 6.07) is 16.0. The molecule has 11 heteroatoms. The standard InChI is InChI=1S/C27H22F4N4O3/c1-16(17-7-3-2-4-8-17)35(26(37)33-20-9-5-6-10-23(20)38-27(29,30)31)22-13-14-34-24(22)32-21-15-18(28)11-12-19(21)25(34)36/h2-12,15-16,22H,13-14H2,1H3,(H,33,37). The van der Waals surface area contributed by atoms with Crippen LogP contribution < -0.4 is 15.6 Å². The zero-order valence-corrected chi connectivity index (χ0v) is 20.1. The van der Waals surface area contributed by atoms with E-state index in [0.717, 1.165) is 17.7 Å². The molecule has 5 rings (SSSR count). The third kappa shape index (κ3) is 4.91. The van der Waals surface area contributed by atoms with Gasteiger partial charge in [0.15, 0.2) is 5.75 Å². The molecule has 3 aromatic carbocycles. The molecule has 7 nitrogen and oxygen atoms in total. The van der Waals surface area contributed by atoms with Crippen LogP contribution in [0, 0.1) is 5.82 Å². The minimum atomic E-state index is -4.95. The molecule has 1 aliphatic heterocycles. The van der Waals surface area contributed by atoms with E-state index in [1.54, 1.807) is 19.1 Å². The molecule has 0 radical (unpaired) electrons. The maximum atomic E-state index is 13.9. The Morgan fingerprint density at radius 3 is 2.55 bits per heavy atom. The van der Waals surface area contributed by atoms with Gasteiger partial charge >= 0.3 is 12.4 Å². The van der Waals surface area contributed by atoms with Crippen LogP contribution in [0.1, 0.15) is 36.8 Å². The molecule has 2 heterocycles. The van der Waals surface area contributed by atoms with Gasteiger partial charge in [0.2, 0.25) is 0 Å². The summed E-state index contributed by atoms with van der Waals surface area (Å²) in [5, 5.41) is 2.79. The summed E-state index contributed by atoms with van der Waals surface area (Å²) in [5.41, 5.74) is 0.382. The van der Waals surface area contributed by atoms with Crippen molar-refractivity contribution in [2.24, 2.45) is 0 Å². The van der Waals surface area contributed by atoms with E-state index in [4.69, 9.17) is 0 Å². The van der Waals surface area contributed by atoms with Crippen LogP contribution in [-0.2, 0) is 6.54 Å². The van der Waals surface area contributed by atoms with Gasteiger partial charge in [-0.2, -0.15) is 0 Å². The molecule has 2 amide bonds. The van der Waals surface area contributed by atoms with Crippen molar-refractivity contribution in [3.63, 3.8) is 0 Å². The topological polar surface area (TPSA) is 76.5 Å². The number of ether oxygens (including phenoxy) is 1. The number of carbonyl (C=O) groups is 1. The Kier molecular flexibility index (Phi) is 6.52. The Hall–Kier alpha value is -4.41. The number of amides is 2. The van der Waals surface area contributed by atoms with Crippen molar-refractivity contribution in [3.8, 4) is 5.75 Å². The van der Waals surface area contributed by atoms with Crippen LogP contribution in [0.5, 0.6) is 5.75 Å². The Morgan fingerprint density at radius 1 is 1.11 bits per heavy atom. The number of hydrogen-bond acceptors (Lipinski definition) is 4. The summed E-state index contributed by atoms with van der Waals surface area (Å²) in [4.78, 5) is 32.9. The van der Waals surface area contributed by atoms with E-state index < -0.39 is 36.0 Å². The number of alkyl halides is 3. The SMILES string of the molecule is CC(c1ccccc1)N(C(=O)Nc1ccccc1OC(F)(F)F)C1CCn2c1nc1cc(F)ccc1c2=O. The van der Waals surface area contributed by atoms with Crippen LogP contribution in [0.3, 0.4) is 0 Å². The highest BCUT2D eigenvalue weighted by Gasteiger charge is 2.38. The van der Waals surface area contributed by atoms with Gasteiger partial charge in [-0.3, -0.25) is 9.36 Å². The summed E-state index contributed by atoms with van der Waals surface area (Å²) < 4.78 is 58.4. The van der Waals surface area contributed by atoms with Crippen molar-refractivity contribution in [1.82, 2.24) is 14.5 Å². The predicted octanol–water partition coefficient (Wildman–Crippen LogP) is 6.17. The molecule has 1 aliphatic rings. The number of anilines is 1. The van der Waals surface area contributed by atoms with Gasteiger partial charge < -0.3 is 15.0 Å². The molecule has 38 heavy (non-hydrogen) atoms. The highest BCUT2D eigenvalue weighted by atomic mass is 19.4. The summed E-state index contributed by atoms with van der Waals surface area (Å²) in [6.07, 6.45) is -4.63. The predicted molar refractivity (Wildman–Crippen MR) is 132 cm³/mol. The van der Waals surface area contributed by atoms with Crippen molar-refractivity contribution < 1.29 is 27.1 Å². The number of nitrogens with zero attached hydrogens (tertiary/aromatic N) is 3.